The monoisotopic (exact) mass is 131 g/mol. The molecule has 0 amide bonds. The third-order valence-corrected chi connectivity index (χ3v) is 2.04. The average Bonchev–Trinajstić information content (AvgIpc) is 1.91. The zero-order valence-corrected chi connectivity index (χ0v) is 5.55. The minimum Gasteiger partial charge on any atom is -0.291 e. The van der Waals surface area contributed by atoms with Crippen LogP contribution in [0.4, 0.5) is 0 Å². The molecule has 38 valence electrons. The molecule has 0 radical (unpaired) electrons. The van der Waals surface area contributed by atoms with Crippen molar-refractivity contribution in [1.82, 2.24) is 3.96 Å². The second kappa shape index (κ2) is 1.76. The zero-order chi connectivity index (χ0) is 5.28. The molecule has 0 aliphatic rings. The molecule has 3 heteroatoms. The minimum atomic E-state index is 0.907. The number of nitrogens with zero attached hydrogens (tertiary/aromatic N) is 1. The summed E-state index contributed by atoms with van der Waals surface area (Å²) in [4.78, 5) is 0. The molecule has 7 heavy (non-hydrogen) atoms. The maximum atomic E-state index is 4.86. The average molecular weight is 131 g/mol. The largest absolute Gasteiger partial charge is 0.291 e. The Kier molecular flexibility index (Phi) is 1.25. The lowest BCUT2D eigenvalue weighted by atomic mass is 10.8. The van der Waals surface area contributed by atoms with E-state index in [0.29, 0.717) is 0 Å². The van der Waals surface area contributed by atoms with Crippen molar-refractivity contribution >= 4 is 23.8 Å². The highest BCUT2D eigenvalue weighted by atomic mass is 32.1. The van der Waals surface area contributed by atoms with Crippen LogP contribution in [0.3, 0.4) is 0 Å². The van der Waals surface area contributed by atoms with Crippen molar-refractivity contribution in [2.75, 3.05) is 0 Å². The van der Waals surface area contributed by atoms with Gasteiger partial charge in [-0.3, -0.25) is 3.96 Å². The van der Waals surface area contributed by atoms with Crippen molar-refractivity contribution in [2.45, 2.75) is 0 Å². The van der Waals surface area contributed by atoms with Gasteiger partial charge in [0.25, 0.3) is 0 Å². The molecule has 0 fully saturated rings. The molecule has 0 aliphatic heterocycles. The fourth-order valence-corrected chi connectivity index (χ4v) is 1.16. The number of aromatic nitrogens is 1. The molecule has 0 saturated heterocycles. The van der Waals surface area contributed by atoms with E-state index in [1.807, 2.05) is 22.5 Å². The molecule has 1 aromatic heterocycles. The van der Waals surface area contributed by atoms with Gasteiger partial charge in [-0.25, -0.2) is 0 Å². The molecule has 0 N–H and O–H groups in total. The topological polar surface area (TPSA) is 4.93 Å². The van der Waals surface area contributed by atoms with Gasteiger partial charge < -0.3 is 0 Å². The van der Waals surface area contributed by atoms with Crippen LogP contribution >= 0.6 is 23.8 Å². The van der Waals surface area contributed by atoms with Gasteiger partial charge in [-0.15, -0.1) is 0 Å². The van der Waals surface area contributed by atoms with E-state index in [1.54, 1.807) is 11.5 Å². The highest BCUT2D eigenvalue weighted by Gasteiger charge is 1.78. The Balaban J connectivity index is 3.39. The fourth-order valence-electron chi connectivity index (χ4n) is 0.337. The van der Waals surface area contributed by atoms with Gasteiger partial charge >= 0.3 is 0 Å². The van der Waals surface area contributed by atoms with Gasteiger partial charge in [0.1, 0.15) is 4.64 Å². The normalized spacial score (nSPS) is 9.29. The second-order valence-corrected chi connectivity index (χ2v) is 2.69. The van der Waals surface area contributed by atoms with E-state index in [0.717, 1.165) is 4.64 Å². The number of aryl methyl sites for hydroxylation is 1. The standard InChI is InChI=1S/C4H5NS2/c1-5-4(6)2-3-7-5/h2-3H,1H3. The Hall–Kier alpha value is -0.150. The predicted octanol–water partition coefficient (Wildman–Crippen LogP) is 1.82. The number of rotatable bonds is 0. The summed E-state index contributed by atoms with van der Waals surface area (Å²) in [7, 11) is 1.95. The van der Waals surface area contributed by atoms with Crippen molar-refractivity contribution < 1.29 is 0 Å². The number of hydrogen-bond donors (Lipinski definition) is 0. The minimum absolute atomic E-state index is 0.907. The van der Waals surface area contributed by atoms with Gasteiger partial charge in [0.05, 0.1) is 0 Å². The maximum Gasteiger partial charge on any atom is 0.115 e. The van der Waals surface area contributed by atoms with E-state index < -0.39 is 0 Å². The first kappa shape index (κ1) is 5.00. The summed E-state index contributed by atoms with van der Waals surface area (Å²) in [5.41, 5.74) is 0. The van der Waals surface area contributed by atoms with Crippen LogP contribution in [0.15, 0.2) is 11.4 Å². The van der Waals surface area contributed by atoms with E-state index in [2.05, 4.69) is 0 Å². The van der Waals surface area contributed by atoms with Crippen LogP contribution in [0.2, 0.25) is 0 Å². The Labute approximate surface area is 51.4 Å². The van der Waals surface area contributed by atoms with Crippen LogP contribution in [0.5, 0.6) is 0 Å². The van der Waals surface area contributed by atoms with Gasteiger partial charge in [-0.2, -0.15) is 0 Å². The molecule has 1 heterocycles. The summed E-state index contributed by atoms with van der Waals surface area (Å²) < 4.78 is 2.85. The molecule has 1 nitrogen and oxygen atoms in total. The Morgan fingerprint density at radius 3 is 2.71 bits per heavy atom. The molecule has 1 rings (SSSR count). The van der Waals surface area contributed by atoms with Crippen molar-refractivity contribution in [2.24, 2.45) is 7.05 Å². The maximum absolute atomic E-state index is 4.86. The van der Waals surface area contributed by atoms with Crippen LogP contribution in [0, 0.1) is 4.64 Å². The fraction of sp³-hybridized carbons (Fsp3) is 0.250. The van der Waals surface area contributed by atoms with E-state index >= 15 is 0 Å². The molecule has 1 aromatic rings. The van der Waals surface area contributed by atoms with Crippen molar-refractivity contribution in [3.63, 3.8) is 0 Å². The summed E-state index contributed by atoms with van der Waals surface area (Å²) in [6.07, 6.45) is 0. The van der Waals surface area contributed by atoms with Crippen molar-refractivity contribution in [3.8, 4) is 0 Å². The third kappa shape index (κ3) is 0.894. The summed E-state index contributed by atoms with van der Waals surface area (Å²) in [6, 6.07) is 1.92. The highest BCUT2D eigenvalue weighted by Crippen LogP contribution is 1.96. The number of hydrogen-bond acceptors (Lipinski definition) is 2. The summed E-state index contributed by atoms with van der Waals surface area (Å²) in [6.45, 7) is 0. The summed E-state index contributed by atoms with van der Waals surface area (Å²) >= 11 is 6.48. The molecule has 0 atom stereocenters. The van der Waals surface area contributed by atoms with Crippen molar-refractivity contribution in [3.05, 3.63) is 16.1 Å². The van der Waals surface area contributed by atoms with Gasteiger partial charge in [-0.05, 0) is 6.07 Å². The van der Waals surface area contributed by atoms with Crippen LogP contribution < -0.4 is 0 Å². The van der Waals surface area contributed by atoms with E-state index in [4.69, 9.17) is 12.2 Å². The summed E-state index contributed by atoms with van der Waals surface area (Å²) in [5.74, 6) is 0. The molecule has 0 spiro atoms. The van der Waals surface area contributed by atoms with Crippen LogP contribution in [-0.2, 0) is 7.05 Å². The lowest BCUT2D eigenvalue weighted by Gasteiger charge is -1.79. The SMILES string of the molecule is Cn1sccc1=S. The smallest absolute Gasteiger partial charge is 0.115 e. The van der Waals surface area contributed by atoms with Crippen molar-refractivity contribution in [1.29, 1.82) is 0 Å². The Bertz CT molecular complexity index is 197. The van der Waals surface area contributed by atoms with E-state index in [-0.39, 0.29) is 0 Å². The molecule has 0 aliphatic carbocycles. The first-order valence-electron chi connectivity index (χ1n) is 1.92. The lowest BCUT2D eigenvalue weighted by Crippen LogP contribution is -1.75. The van der Waals surface area contributed by atoms with Gasteiger partial charge in [-0.1, -0.05) is 23.8 Å². The van der Waals surface area contributed by atoms with E-state index in [1.165, 1.54) is 0 Å². The molecule has 0 saturated carbocycles. The van der Waals surface area contributed by atoms with Gasteiger partial charge in [0, 0.05) is 12.4 Å². The van der Waals surface area contributed by atoms with Crippen LogP contribution in [0.25, 0.3) is 0 Å². The van der Waals surface area contributed by atoms with Crippen LogP contribution in [0.1, 0.15) is 0 Å². The molecular weight excluding hydrogens is 126 g/mol. The highest BCUT2D eigenvalue weighted by molar-refractivity contribution is 7.71. The second-order valence-electron chi connectivity index (χ2n) is 1.24. The lowest BCUT2D eigenvalue weighted by molar-refractivity contribution is 1.01. The predicted molar refractivity (Wildman–Crippen MR) is 34.1 cm³/mol. The molecule has 0 unspecified atom stereocenters. The zero-order valence-electron chi connectivity index (χ0n) is 3.92. The first-order valence-corrected chi connectivity index (χ1v) is 3.16. The van der Waals surface area contributed by atoms with E-state index in [9.17, 15) is 0 Å². The summed E-state index contributed by atoms with van der Waals surface area (Å²) in [5, 5.41) is 1.97. The molecule has 0 aromatic carbocycles. The molecule has 0 bridgehead atoms. The Morgan fingerprint density at radius 1 is 1.86 bits per heavy atom. The van der Waals surface area contributed by atoms with Crippen LogP contribution in [-0.4, -0.2) is 3.96 Å². The quantitative estimate of drug-likeness (QED) is 0.486. The Morgan fingerprint density at radius 2 is 2.57 bits per heavy atom. The van der Waals surface area contributed by atoms with Gasteiger partial charge in [0.2, 0.25) is 0 Å². The molecular formula is C4H5NS2. The third-order valence-electron chi connectivity index (χ3n) is 0.740. The first-order chi connectivity index (χ1) is 3.30. The van der Waals surface area contributed by atoms with Gasteiger partial charge in [0.15, 0.2) is 0 Å².